The average molecular weight is 307 g/mol. The van der Waals surface area contributed by atoms with E-state index in [1.807, 2.05) is 27.1 Å². The molecule has 0 saturated heterocycles. The van der Waals surface area contributed by atoms with E-state index in [0.717, 1.165) is 42.9 Å². The molecule has 0 bridgehead atoms. The summed E-state index contributed by atoms with van der Waals surface area (Å²) >= 11 is 0. The molecule has 2 rings (SSSR count). The summed E-state index contributed by atoms with van der Waals surface area (Å²) in [4.78, 5) is 2.06. The molecule has 0 radical (unpaired) electrons. The van der Waals surface area contributed by atoms with Gasteiger partial charge < -0.3 is 19.5 Å². The van der Waals surface area contributed by atoms with Gasteiger partial charge in [0.15, 0.2) is 11.5 Å². The molecule has 4 heteroatoms. The van der Waals surface area contributed by atoms with Gasteiger partial charge in [0, 0.05) is 14.1 Å². The third-order valence-electron chi connectivity index (χ3n) is 4.88. The first-order valence-electron chi connectivity index (χ1n) is 8.04. The highest BCUT2D eigenvalue weighted by Gasteiger charge is 2.35. The van der Waals surface area contributed by atoms with Crippen molar-refractivity contribution in [1.29, 1.82) is 0 Å². The Morgan fingerprint density at radius 1 is 1.23 bits per heavy atom. The Bertz CT molecular complexity index is 511. The summed E-state index contributed by atoms with van der Waals surface area (Å²) in [5, 5.41) is 10.7. The summed E-state index contributed by atoms with van der Waals surface area (Å²) in [5.41, 5.74) is 1.67. The van der Waals surface area contributed by atoms with Crippen molar-refractivity contribution in [3.8, 4) is 11.5 Å². The highest BCUT2D eigenvalue weighted by Crippen LogP contribution is 2.43. The Hall–Kier alpha value is -1.42. The quantitative estimate of drug-likeness (QED) is 0.906. The van der Waals surface area contributed by atoms with E-state index >= 15 is 0 Å². The first-order chi connectivity index (χ1) is 10.4. The molecule has 1 saturated carbocycles. The van der Waals surface area contributed by atoms with Gasteiger partial charge in [-0.15, -0.1) is 0 Å². The number of ether oxygens (including phenoxy) is 2. The van der Waals surface area contributed by atoms with Crippen molar-refractivity contribution in [1.82, 2.24) is 0 Å². The third-order valence-corrected chi connectivity index (χ3v) is 4.88. The van der Waals surface area contributed by atoms with Gasteiger partial charge in [0.1, 0.15) is 0 Å². The Labute approximate surface area is 134 Å². The molecule has 0 heterocycles. The number of methoxy groups -OCH3 is 2. The predicted molar refractivity (Wildman–Crippen MR) is 90.2 cm³/mol. The van der Waals surface area contributed by atoms with E-state index in [1.165, 1.54) is 12.0 Å². The zero-order chi connectivity index (χ0) is 16.3. The molecule has 0 spiro atoms. The summed E-state index contributed by atoms with van der Waals surface area (Å²) in [5.74, 6) is 1.80. The van der Waals surface area contributed by atoms with Gasteiger partial charge in [0.2, 0.25) is 0 Å². The normalized spacial score (nSPS) is 24.9. The molecule has 0 aromatic heterocycles. The lowest BCUT2D eigenvalue weighted by Gasteiger charge is -2.38. The van der Waals surface area contributed by atoms with Crippen molar-refractivity contribution in [3.63, 3.8) is 0 Å². The summed E-state index contributed by atoms with van der Waals surface area (Å²) in [6.07, 6.45) is 5.15. The van der Waals surface area contributed by atoms with Crippen molar-refractivity contribution in [2.45, 2.75) is 44.6 Å². The number of aliphatic hydroxyl groups is 1. The van der Waals surface area contributed by atoms with Gasteiger partial charge in [0.05, 0.1) is 25.5 Å². The smallest absolute Gasteiger partial charge is 0.184 e. The summed E-state index contributed by atoms with van der Waals surface area (Å²) < 4.78 is 11.0. The van der Waals surface area contributed by atoms with Gasteiger partial charge >= 0.3 is 0 Å². The maximum Gasteiger partial charge on any atom is 0.184 e. The van der Waals surface area contributed by atoms with Crippen LogP contribution in [0.15, 0.2) is 12.1 Å². The minimum atomic E-state index is -0.574. The van der Waals surface area contributed by atoms with Crippen molar-refractivity contribution in [2.75, 3.05) is 33.2 Å². The Morgan fingerprint density at radius 2 is 1.95 bits per heavy atom. The van der Waals surface area contributed by atoms with Crippen molar-refractivity contribution in [3.05, 3.63) is 17.7 Å². The lowest BCUT2D eigenvalue weighted by atomic mass is 9.73. The SMILES string of the molecule is COc1ccc(CC2CCCCC2(C)O)c(N(C)C)c1OC. The van der Waals surface area contributed by atoms with E-state index < -0.39 is 5.60 Å². The van der Waals surface area contributed by atoms with Gasteiger partial charge in [-0.3, -0.25) is 0 Å². The average Bonchev–Trinajstić information content (AvgIpc) is 2.48. The number of rotatable bonds is 5. The molecule has 1 aromatic rings. The van der Waals surface area contributed by atoms with Crippen LogP contribution in [0.1, 0.15) is 38.2 Å². The zero-order valence-corrected chi connectivity index (χ0v) is 14.5. The molecule has 22 heavy (non-hydrogen) atoms. The molecule has 1 aliphatic rings. The van der Waals surface area contributed by atoms with Gasteiger partial charge in [-0.2, -0.15) is 0 Å². The maximum atomic E-state index is 10.7. The molecule has 1 aliphatic carbocycles. The second-order valence-corrected chi connectivity index (χ2v) is 6.71. The number of hydrogen-bond donors (Lipinski definition) is 1. The first-order valence-corrected chi connectivity index (χ1v) is 8.04. The van der Waals surface area contributed by atoms with Gasteiger partial charge in [-0.1, -0.05) is 18.9 Å². The lowest BCUT2D eigenvalue weighted by molar-refractivity contribution is -0.0313. The van der Waals surface area contributed by atoms with Crippen LogP contribution in [0.3, 0.4) is 0 Å². The second kappa shape index (κ2) is 6.78. The predicted octanol–water partition coefficient (Wildman–Crippen LogP) is 3.25. The molecule has 2 unspecified atom stereocenters. The van der Waals surface area contributed by atoms with E-state index in [-0.39, 0.29) is 5.92 Å². The van der Waals surface area contributed by atoms with Crippen LogP contribution in [0.4, 0.5) is 5.69 Å². The minimum absolute atomic E-state index is 0.290. The highest BCUT2D eigenvalue weighted by molar-refractivity contribution is 5.69. The molecule has 1 N–H and O–H groups in total. The number of nitrogens with zero attached hydrogens (tertiary/aromatic N) is 1. The van der Waals surface area contributed by atoms with E-state index in [2.05, 4.69) is 11.0 Å². The van der Waals surface area contributed by atoms with Gasteiger partial charge in [-0.05, 0) is 43.7 Å². The van der Waals surface area contributed by atoms with Crippen LogP contribution in [-0.4, -0.2) is 39.0 Å². The van der Waals surface area contributed by atoms with E-state index in [4.69, 9.17) is 9.47 Å². The topological polar surface area (TPSA) is 41.9 Å². The Morgan fingerprint density at radius 3 is 2.50 bits per heavy atom. The van der Waals surface area contributed by atoms with Crippen LogP contribution >= 0.6 is 0 Å². The zero-order valence-electron chi connectivity index (χ0n) is 14.5. The van der Waals surface area contributed by atoms with Crippen LogP contribution in [0.5, 0.6) is 11.5 Å². The summed E-state index contributed by atoms with van der Waals surface area (Å²) in [6.45, 7) is 1.98. The number of anilines is 1. The minimum Gasteiger partial charge on any atom is -0.493 e. The first kappa shape index (κ1) is 16.9. The van der Waals surface area contributed by atoms with Crippen molar-refractivity contribution in [2.24, 2.45) is 5.92 Å². The van der Waals surface area contributed by atoms with Crippen molar-refractivity contribution < 1.29 is 14.6 Å². The van der Waals surface area contributed by atoms with E-state index in [1.54, 1.807) is 14.2 Å². The van der Waals surface area contributed by atoms with E-state index in [9.17, 15) is 5.11 Å². The molecule has 124 valence electrons. The van der Waals surface area contributed by atoms with Crippen LogP contribution < -0.4 is 14.4 Å². The molecule has 1 fully saturated rings. The molecule has 0 amide bonds. The van der Waals surface area contributed by atoms with Crippen molar-refractivity contribution >= 4 is 5.69 Å². The lowest BCUT2D eigenvalue weighted by Crippen LogP contribution is -2.38. The number of benzene rings is 1. The van der Waals surface area contributed by atoms with Crippen LogP contribution in [-0.2, 0) is 6.42 Å². The molecular formula is C18H29NO3. The monoisotopic (exact) mass is 307 g/mol. The van der Waals surface area contributed by atoms with Crippen LogP contribution in [0.25, 0.3) is 0 Å². The molecule has 2 atom stereocenters. The number of hydrogen-bond acceptors (Lipinski definition) is 4. The standard InChI is InChI=1S/C18H29NO3/c1-18(20)11-7-6-8-14(18)12-13-9-10-15(21-4)17(22-5)16(13)19(2)3/h9-10,14,20H,6-8,11-12H2,1-5H3. The molecule has 4 nitrogen and oxygen atoms in total. The Kier molecular flexibility index (Phi) is 5.22. The fraction of sp³-hybridized carbons (Fsp3) is 0.667. The molecular weight excluding hydrogens is 278 g/mol. The largest absolute Gasteiger partial charge is 0.493 e. The van der Waals surface area contributed by atoms with Crippen LogP contribution in [0.2, 0.25) is 0 Å². The Balaban J connectivity index is 2.38. The molecule has 1 aromatic carbocycles. The maximum absolute atomic E-state index is 10.7. The second-order valence-electron chi connectivity index (χ2n) is 6.71. The fourth-order valence-corrected chi connectivity index (χ4v) is 3.58. The van der Waals surface area contributed by atoms with Gasteiger partial charge in [-0.25, -0.2) is 0 Å². The molecule has 0 aliphatic heterocycles. The fourth-order valence-electron chi connectivity index (χ4n) is 3.58. The summed E-state index contributed by atoms with van der Waals surface area (Å²) in [6, 6.07) is 4.06. The van der Waals surface area contributed by atoms with Gasteiger partial charge in [0.25, 0.3) is 0 Å². The third kappa shape index (κ3) is 3.32. The highest BCUT2D eigenvalue weighted by atomic mass is 16.5. The van der Waals surface area contributed by atoms with Crippen LogP contribution in [0, 0.1) is 5.92 Å². The summed E-state index contributed by atoms with van der Waals surface area (Å²) in [7, 11) is 7.36. The van der Waals surface area contributed by atoms with E-state index in [0.29, 0.717) is 0 Å².